The summed E-state index contributed by atoms with van der Waals surface area (Å²) in [5.41, 5.74) is 1.39. The van der Waals surface area contributed by atoms with Crippen LogP contribution in [0.15, 0.2) is 30.4 Å². The monoisotopic (exact) mass is 346 g/mol. The first-order chi connectivity index (χ1) is 12.0. The average molecular weight is 346 g/mol. The van der Waals surface area contributed by atoms with Crippen LogP contribution in [0, 0.1) is 11.7 Å². The molecule has 1 aromatic rings. The molecule has 0 saturated carbocycles. The lowest BCUT2D eigenvalue weighted by atomic mass is 10.0. The number of carbonyl (C=O) groups is 1. The number of rotatable bonds is 5. The Morgan fingerprint density at radius 3 is 2.72 bits per heavy atom. The fourth-order valence-corrected chi connectivity index (χ4v) is 3.67. The van der Waals surface area contributed by atoms with E-state index in [-0.39, 0.29) is 23.9 Å². The first-order valence-electron chi connectivity index (χ1n) is 9.13. The van der Waals surface area contributed by atoms with E-state index in [1.807, 2.05) is 24.8 Å². The number of ether oxygens (including phenoxy) is 1. The first-order valence-corrected chi connectivity index (χ1v) is 9.13. The van der Waals surface area contributed by atoms with Gasteiger partial charge >= 0.3 is 0 Å². The van der Waals surface area contributed by atoms with E-state index in [4.69, 9.17) is 4.74 Å². The maximum atomic E-state index is 14.5. The number of nitrogens with one attached hydrogen (secondary N) is 1. The van der Waals surface area contributed by atoms with Crippen LogP contribution in [0.3, 0.4) is 0 Å². The fraction of sp³-hybridized carbons (Fsp3) is 0.550. The zero-order chi connectivity index (χ0) is 17.8. The Morgan fingerprint density at radius 2 is 2.08 bits per heavy atom. The summed E-state index contributed by atoms with van der Waals surface area (Å²) < 4.78 is 20.2. The standard InChI is InChI=1S/C20H27FN2O2/c1-14-12-23(13-15(2)25-14)19-8-7-17(9-18(19)21)11-22-20(24)10-16-5-3-4-6-16/h3,5,7-9,14-16H,4,6,10-13H2,1-2H3,(H,22,24)/t14-,15-,16+/m1/s1. The molecule has 4 nitrogen and oxygen atoms in total. The Morgan fingerprint density at radius 1 is 1.32 bits per heavy atom. The maximum absolute atomic E-state index is 14.5. The molecule has 0 aromatic heterocycles. The molecule has 136 valence electrons. The van der Waals surface area contributed by atoms with E-state index in [1.54, 1.807) is 6.07 Å². The predicted octanol–water partition coefficient (Wildman–Crippen LogP) is 3.41. The van der Waals surface area contributed by atoms with Gasteiger partial charge in [-0.15, -0.1) is 0 Å². The summed E-state index contributed by atoms with van der Waals surface area (Å²) in [5.74, 6) is 0.132. The molecule has 0 bridgehead atoms. The highest BCUT2D eigenvalue weighted by Gasteiger charge is 2.24. The summed E-state index contributed by atoms with van der Waals surface area (Å²) in [7, 11) is 0. The molecule has 0 radical (unpaired) electrons. The topological polar surface area (TPSA) is 41.6 Å². The van der Waals surface area contributed by atoms with Crippen molar-refractivity contribution in [2.24, 2.45) is 5.92 Å². The van der Waals surface area contributed by atoms with E-state index < -0.39 is 0 Å². The van der Waals surface area contributed by atoms with Gasteiger partial charge in [0.1, 0.15) is 5.82 Å². The summed E-state index contributed by atoms with van der Waals surface area (Å²) in [4.78, 5) is 14.0. The summed E-state index contributed by atoms with van der Waals surface area (Å²) in [6, 6.07) is 5.22. The van der Waals surface area contributed by atoms with E-state index in [0.717, 1.165) is 18.4 Å². The molecular formula is C20H27FN2O2. The van der Waals surface area contributed by atoms with Crippen LogP contribution in [0.2, 0.25) is 0 Å². The van der Waals surface area contributed by atoms with Gasteiger partial charge < -0.3 is 15.0 Å². The number of benzene rings is 1. The van der Waals surface area contributed by atoms with Crippen LogP contribution in [-0.2, 0) is 16.1 Å². The second kappa shape index (κ2) is 8.00. The average Bonchev–Trinajstić information content (AvgIpc) is 3.05. The number of morpholine rings is 1. The zero-order valence-electron chi connectivity index (χ0n) is 15.0. The van der Waals surface area contributed by atoms with Gasteiger partial charge in [-0.25, -0.2) is 4.39 Å². The molecular weight excluding hydrogens is 319 g/mol. The lowest BCUT2D eigenvalue weighted by Crippen LogP contribution is -2.45. The molecule has 5 heteroatoms. The maximum Gasteiger partial charge on any atom is 0.220 e. The van der Waals surface area contributed by atoms with Gasteiger partial charge in [0.15, 0.2) is 0 Å². The molecule has 1 saturated heterocycles. The molecule has 1 heterocycles. The van der Waals surface area contributed by atoms with E-state index in [2.05, 4.69) is 17.5 Å². The van der Waals surface area contributed by atoms with Gasteiger partial charge in [0, 0.05) is 26.1 Å². The molecule has 2 aliphatic rings. The summed E-state index contributed by atoms with van der Waals surface area (Å²) in [6.07, 6.45) is 7.04. The normalized spacial score (nSPS) is 26.0. The Balaban J connectivity index is 1.56. The molecule has 1 aliphatic carbocycles. The van der Waals surface area contributed by atoms with Crippen molar-refractivity contribution < 1.29 is 13.9 Å². The number of anilines is 1. The number of nitrogens with zero attached hydrogens (tertiary/aromatic N) is 1. The molecule has 25 heavy (non-hydrogen) atoms. The van der Waals surface area contributed by atoms with Gasteiger partial charge in [-0.3, -0.25) is 4.79 Å². The van der Waals surface area contributed by atoms with Crippen LogP contribution >= 0.6 is 0 Å². The lowest BCUT2D eigenvalue weighted by Gasteiger charge is -2.37. The minimum absolute atomic E-state index is 0.0249. The second-order valence-electron chi connectivity index (χ2n) is 7.19. The molecule has 0 unspecified atom stereocenters. The summed E-state index contributed by atoms with van der Waals surface area (Å²) in [6.45, 7) is 5.74. The molecule has 1 amide bonds. The summed E-state index contributed by atoms with van der Waals surface area (Å²) >= 11 is 0. The highest BCUT2D eigenvalue weighted by molar-refractivity contribution is 5.76. The molecule has 1 aliphatic heterocycles. The van der Waals surface area contributed by atoms with E-state index >= 15 is 0 Å². The van der Waals surface area contributed by atoms with Gasteiger partial charge in [-0.1, -0.05) is 18.2 Å². The number of halogens is 1. The van der Waals surface area contributed by atoms with Crippen LogP contribution in [0.1, 0.15) is 38.7 Å². The van der Waals surface area contributed by atoms with Gasteiger partial charge in [-0.05, 0) is 50.3 Å². The third-order valence-corrected chi connectivity index (χ3v) is 4.82. The predicted molar refractivity (Wildman–Crippen MR) is 96.9 cm³/mol. The zero-order valence-corrected chi connectivity index (χ0v) is 15.0. The Bertz CT molecular complexity index is 637. The van der Waals surface area contributed by atoms with Crippen molar-refractivity contribution in [3.8, 4) is 0 Å². The number of allylic oxidation sites excluding steroid dienone is 2. The first kappa shape index (κ1) is 17.9. The van der Waals surface area contributed by atoms with E-state index in [0.29, 0.717) is 37.7 Å². The van der Waals surface area contributed by atoms with Crippen LogP contribution in [0.4, 0.5) is 10.1 Å². The Labute approximate surface area is 149 Å². The van der Waals surface area contributed by atoms with Gasteiger partial charge in [0.05, 0.1) is 17.9 Å². The number of amides is 1. The molecule has 1 aromatic carbocycles. The van der Waals surface area contributed by atoms with Crippen LogP contribution in [-0.4, -0.2) is 31.2 Å². The number of carbonyl (C=O) groups excluding carboxylic acids is 1. The summed E-state index contributed by atoms with van der Waals surface area (Å²) in [5, 5.41) is 2.89. The van der Waals surface area contributed by atoms with E-state index in [9.17, 15) is 9.18 Å². The third kappa shape index (κ3) is 4.82. The molecule has 3 rings (SSSR count). The van der Waals surface area contributed by atoms with Crippen molar-refractivity contribution >= 4 is 11.6 Å². The largest absolute Gasteiger partial charge is 0.372 e. The number of hydrogen-bond donors (Lipinski definition) is 1. The Kier molecular flexibility index (Phi) is 5.74. The van der Waals surface area contributed by atoms with Crippen molar-refractivity contribution in [3.05, 3.63) is 41.7 Å². The second-order valence-corrected chi connectivity index (χ2v) is 7.19. The lowest BCUT2D eigenvalue weighted by molar-refractivity contribution is -0.121. The number of hydrogen-bond acceptors (Lipinski definition) is 3. The molecule has 1 N–H and O–H groups in total. The SMILES string of the molecule is C[C@@H]1CN(c2ccc(CNC(=O)C[C@H]3C=CCC3)cc2F)C[C@@H](C)O1. The Hall–Kier alpha value is -1.88. The van der Waals surface area contributed by atoms with Gasteiger partial charge in [0.2, 0.25) is 5.91 Å². The van der Waals surface area contributed by atoms with Crippen molar-refractivity contribution in [1.82, 2.24) is 5.32 Å². The molecule has 3 atom stereocenters. The quantitative estimate of drug-likeness (QED) is 0.831. The smallest absolute Gasteiger partial charge is 0.220 e. The highest BCUT2D eigenvalue weighted by atomic mass is 19.1. The fourth-order valence-electron chi connectivity index (χ4n) is 3.67. The van der Waals surface area contributed by atoms with Crippen LogP contribution in [0.5, 0.6) is 0 Å². The third-order valence-electron chi connectivity index (χ3n) is 4.82. The van der Waals surface area contributed by atoms with Crippen molar-refractivity contribution in [2.75, 3.05) is 18.0 Å². The minimum Gasteiger partial charge on any atom is -0.372 e. The van der Waals surface area contributed by atoms with Crippen LogP contribution < -0.4 is 10.2 Å². The van der Waals surface area contributed by atoms with Crippen molar-refractivity contribution in [3.63, 3.8) is 0 Å². The van der Waals surface area contributed by atoms with Gasteiger partial charge in [-0.2, -0.15) is 0 Å². The van der Waals surface area contributed by atoms with Crippen LogP contribution in [0.25, 0.3) is 0 Å². The molecule has 0 spiro atoms. The van der Waals surface area contributed by atoms with Crippen molar-refractivity contribution in [2.45, 2.75) is 51.9 Å². The van der Waals surface area contributed by atoms with E-state index in [1.165, 1.54) is 6.07 Å². The minimum atomic E-state index is -0.244. The van der Waals surface area contributed by atoms with Crippen molar-refractivity contribution in [1.29, 1.82) is 0 Å². The molecule has 1 fully saturated rings. The van der Waals surface area contributed by atoms with Gasteiger partial charge in [0.25, 0.3) is 0 Å². The highest BCUT2D eigenvalue weighted by Crippen LogP contribution is 2.25.